The number of aromatic nitrogens is 6. The highest BCUT2D eigenvalue weighted by Crippen LogP contribution is 2.34. The maximum Gasteiger partial charge on any atom is 0.168 e. The molecule has 7 heterocycles. The molecule has 7 aromatic rings. The van der Waals surface area contributed by atoms with Gasteiger partial charge in [0.05, 0.1) is 111 Å². The second-order valence-electron chi connectivity index (χ2n) is 17.9. The van der Waals surface area contributed by atoms with E-state index in [9.17, 15) is 0 Å². The third kappa shape index (κ3) is 13.9. The maximum absolute atomic E-state index is 6.67. The van der Waals surface area contributed by atoms with Gasteiger partial charge in [-0.15, -0.1) is 0 Å². The molecule has 78 heavy (non-hydrogen) atoms. The fraction of sp³-hybridized carbons (Fsp3) is 0.281. The van der Waals surface area contributed by atoms with E-state index in [0.717, 1.165) is 73.9 Å². The van der Waals surface area contributed by atoms with E-state index in [1.807, 2.05) is 72.8 Å². The molecule has 14 nitrogen and oxygen atoms in total. The summed E-state index contributed by atoms with van der Waals surface area (Å²) in [5.41, 5.74) is 14.9. The highest BCUT2D eigenvalue weighted by Gasteiger charge is 2.19. The summed E-state index contributed by atoms with van der Waals surface area (Å²) in [4.78, 5) is 26.5. The van der Waals surface area contributed by atoms with Gasteiger partial charge in [0.15, 0.2) is 11.5 Å². The van der Waals surface area contributed by atoms with E-state index in [1.165, 1.54) is 0 Å². The van der Waals surface area contributed by atoms with Gasteiger partial charge >= 0.3 is 0 Å². The Bertz CT molecular complexity index is 3390. The number of aromatic amines is 2. The van der Waals surface area contributed by atoms with E-state index in [0.29, 0.717) is 117 Å². The fourth-order valence-electron chi connectivity index (χ4n) is 8.93. The number of hydrogen-bond acceptors (Lipinski definition) is 12. The molecule has 0 unspecified atom stereocenters. The van der Waals surface area contributed by atoms with Crippen LogP contribution in [0, 0.1) is 23.7 Å². The number of rotatable bonds is 24. The Morgan fingerprint density at radius 3 is 1.18 bits per heavy atom. The van der Waals surface area contributed by atoms with Crippen molar-refractivity contribution < 1.29 is 37.9 Å². The molecule has 2 aliphatic rings. The normalized spacial score (nSPS) is 11.5. The Kier molecular flexibility index (Phi) is 19.8. The number of nitrogens with zero attached hydrogens (tertiary/aromatic N) is 4. The average molecular weight is 1050 g/mol. The van der Waals surface area contributed by atoms with E-state index in [2.05, 4.69) is 93.9 Å². The lowest BCUT2D eigenvalue weighted by atomic mass is 9.94. The monoisotopic (exact) mass is 1040 g/mol. The topological polar surface area (TPSA) is 157 Å². The van der Waals surface area contributed by atoms with Crippen LogP contribution in [0.15, 0.2) is 110 Å². The summed E-state index contributed by atoms with van der Waals surface area (Å²) in [5.74, 6) is 15.5. The molecule has 9 rings (SSSR count). The predicted octanol–water partition coefficient (Wildman–Crippen LogP) is 10.8. The van der Waals surface area contributed by atoms with Crippen molar-refractivity contribution in [1.29, 1.82) is 0 Å². The van der Waals surface area contributed by atoms with Crippen LogP contribution in [0.3, 0.4) is 0 Å². The van der Waals surface area contributed by atoms with Gasteiger partial charge in [-0.3, -0.25) is 9.97 Å². The Morgan fingerprint density at radius 1 is 0.385 bits per heavy atom. The number of fused-ring (bicyclic) bond motifs is 8. The summed E-state index contributed by atoms with van der Waals surface area (Å²) in [6.45, 7) is 9.14. The summed E-state index contributed by atoms with van der Waals surface area (Å²) < 4.78 is 46.7. The number of pyridine rings is 2. The van der Waals surface area contributed by atoms with Crippen LogP contribution in [0.2, 0.25) is 0 Å². The lowest BCUT2D eigenvalue weighted by Gasteiger charge is -2.09. The van der Waals surface area contributed by atoms with Crippen LogP contribution in [0.1, 0.15) is 70.0 Å². The van der Waals surface area contributed by atoms with Gasteiger partial charge in [0.25, 0.3) is 0 Å². The third-order valence-corrected chi connectivity index (χ3v) is 12.9. The van der Waals surface area contributed by atoms with E-state index in [4.69, 9.17) is 47.9 Å². The SMILES string of the molecule is CCc1cccc(-c2ccncc2)c1C#Cc1c2nc(c(OCCOCCOCCOC)c3ccc([nH]3)c(C#Cc3c(CC)cccc3-c3ccncc3)c3ccc([nH]3)c(OCCOCCOCCOC)c3nc1C=C3)C=C2. The third-order valence-electron chi connectivity index (χ3n) is 12.9. The first kappa shape index (κ1) is 54.6. The van der Waals surface area contributed by atoms with Crippen molar-refractivity contribution >= 4 is 46.4 Å². The maximum atomic E-state index is 6.67. The molecular weight excluding hydrogens is 981 g/mol. The van der Waals surface area contributed by atoms with Gasteiger partial charge in [0.2, 0.25) is 0 Å². The van der Waals surface area contributed by atoms with Gasteiger partial charge < -0.3 is 47.9 Å². The van der Waals surface area contributed by atoms with Crippen LogP contribution in [-0.4, -0.2) is 123 Å². The van der Waals surface area contributed by atoms with Crippen molar-refractivity contribution in [1.82, 2.24) is 29.9 Å². The minimum atomic E-state index is 0.243. The zero-order chi connectivity index (χ0) is 53.7. The molecule has 398 valence electrons. The molecule has 2 N–H and O–H groups in total. The Labute approximate surface area is 455 Å². The van der Waals surface area contributed by atoms with Gasteiger partial charge in [-0.2, -0.15) is 0 Å². The largest absolute Gasteiger partial charge is 0.487 e. The summed E-state index contributed by atoms with van der Waals surface area (Å²) in [6, 6.07) is 28.7. The van der Waals surface area contributed by atoms with Crippen molar-refractivity contribution in [3.63, 3.8) is 0 Å². The van der Waals surface area contributed by atoms with Crippen molar-refractivity contribution in [2.45, 2.75) is 26.7 Å². The number of methoxy groups -OCH3 is 2. The molecule has 0 saturated carbocycles. The number of H-pyrrole nitrogens is 2. The highest BCUT2D eigenvalue weighted by molar-refractivity contribution is 5.88. The minimum absolute atomic E-state index is 0.243. The summed E-state index contributed by atoms with van der Waals surface area (Å²) in [6.07, 6.45) is 16.6. The Morgan fingerprint density at radius 2 is 0.756 bits per heavy atom. The second-order valence-corrected chi connectivity index (χ2v) is 17.9. The van der Waals surface area contributed by atoms with E-state index in [1.54, 1.807) is 39.0 Å². The van der Waals surface area contributed by atoms with Gasteiger partial charge in [-0.05, 0) is 119 Å². The van der Waals surface area contributed by atoms with Gasteiger partial charge in [0.1, 0.15) is 24.6 Å². The first-order valence-corrected chi connectivity index (χ1v) is 26.4. The lowest BCUT2D eigenvalue weighted by Crippen LogP contribution is -2.12. The number of aryl methyl sites for hydroxylation is 2. The van der Waals surface area contributed by atoms with Crippen molar-refractivity contribution in [2.24, 2.45) is 0 Å². The van der Waals surface area contributed by atoms with Crippen LogP contribution in [0.5, 0.6) is 11.5 Å². The molecule has 14 heteroatoms. The number of ether oxygens (including phenoxy) is 8. The number of benzene rings is 2. The molecular formula is C64H64N6O8. The summed E-state index contributed by atoms with van der Waals surface area (Å²) in [7, 11) is 3.30. The average Bonchev–Trinajstić information content (AvgIpc) is 4.40. The minimum Gasteiger partial charge on any atom is -0.487 e. The van der Waals surface area contributed by atoms with Gasteiger partial charge in [-0.25, -0.2) is 9.97 Å². The fourth-order valence-corrected chi connectivity index (χ4v) is 8.93. The Balaban J connectivity index is 1.23. The van der Waals surface area contributed by atoms with Crippen molar-refractivity contribution in [2.75, 3.05) is 93.5 Å². The number of nitrogens with one attached hydrogen (secondary N) is 2. The highest BCUT2D eigenvalue weighted by atomic mass is 16.6. The molecule has 0 fully saturated rings. The van der Waals surface area contributed by atoms with Gasteiger partial charge in [-0.1, -0.05) is 73.9 Å². The molecule has 5 aromatic heterocycles. The number of hydrogen-bond donors (Lipinski definition) is 2. The van der Waals surface area contributed by atoms with E-state index < -0.39 is 0 Å². The van der Waals surface area contributed by atoms with Crippen LogP contribution < -0.4 is 9.47 Å². The molecule has 2 aromatic carbocycles. The molecule has 0 radical (unpaired) electrons. The smallest absolute Gasteiger partial charge is 0.168 e. The standard InChI is InChI=1S/C64H64N6O8/c1-5-45-9-7-11-49(47-25-29-65-30-26-47)51(45)13-15-53-55-17-21-59(67-55)63(77-43-41-75-39-37-73-35-33-71-3)61-23-19-57(69-61)54(16-14-52-46(6-2)10-8-12-50(52)48-27-31-66-32-28-48)58-20-24-62(70-58)64(60-22-18-56(53)68-60)78-44-42-76-40-38-74-36-34-72-4/h7-12,17-32,67-68H,5-6,33-44H2,1-4H3. The molecule has 0 spiro atoms. The molecule has 8 bridgehead atoms. The van der Waals surface area contributed by atoms with Crippen LogP contribution in [0.4, 0.5) is 0 Å². The quantitative estimate of drug-likeness (QED) is 0.0437. The van der Waals surface area contributed by atoms with E-state index in [-0.39, 0.29) is 13.2 Å². The first-order chi connectivity index (χ1) is 38.6. The van der Waals surface area contributed by atoms with Crippen LogP contribution in [-0.2, 0) is 41.3 Å². The van der Waals surface area contributed by atoms with Crippen LogP contribution >= 0.6 is 0 Å². The molecule has 0 atom stereocenters. The van der Waals surface area contributed by atoms with Crippen LogP contribution in [0.25, 0.3) is 68.6 Å². The van der Waals surface area contributed by atoms with Gasteiger partial charge in [0, 0.05) is 50.1 Å². The zero-order valence-electron chi connectivity index (χ0n) is 44.7. The zero-order valence-corrected chi connectivity index (χ0v) is 44.7. The summed E-state index contributed by atoms with van der Waals surface area (Å²) >= 11 is 0. The second kappa shape index (κ2) is 28.3. The summed E-state index contributed by atoms with van der Waals surface area (Å²) in [5, 5.41) is 0. The molecule has 0 aliphatic carbocycles. The first-order valence-electron chi connectivity index (χ1n) is 26.4. The van der Waals surface area contributed by atoms with E-state index >= 15 is 0 Å². The van der Waals surface area contributed by atoms with Crippen molar-refractivity contribution in [3.8, 4) is 57.4 Å². The molecule has 0 saturated heterocycles. The molecule has 0 amide bonds. The molecule has 2 aliphatic heterocycles. The lowest BCUT2D eigenvalue weighted by molar-refractivity contribution is 0.0180. The predicted molar refractivity (Wildman–Crippen MR) is 307 cm³/mol. The van der Waals surface area contributed by atoms with Crippen molar-refractivity contribution in [3.05, 3.63) is 166 Å². The Hall–Kier alpha value is -8.18.